The summed E-state index contributed by atoms with van der Waals surface area (Å²) in [6.07, 6.45) is 0.889. The van der Waals surface area contributed by atoms with Crippen molar-refractivity contribution in [3.05, 3.63) is 34.7 Å². The van der Waals surface area contributed by atoms with Crippen LogP contribution in [0, 0.1) is 26.7 Å². The summed E-state index contributed by atoms with van der Waals surface area (Å²) in [6, 6.07) is 4.07. The summed E-state index contributed by atoms with van der Waals surface area (Å²) in [4.78, 5) is 18.8. The number of oxazole rings is 1. The molecule has 140 valence electrons. The first kappa shape index (κ1) is 18.5. The molecule has 2 heterocycles. The van der Waals surface area contributed by atoms with Gasteiger partial charge in [-0.25, -0.2) is 4.98 Å². The van der Waals surface area contributed by atoms with E-state index in [4.69, 9.17) is 14.1 Å². The number of aryl methyl sites for hydroxylation is 3. The number of nitrogens with one attached hydrogen (secondary N) is 1. The summed E-state index contributed by atoms with van der Waals surface area (Å²) in [6.45, 7) is 8.37. The number of carbonyl (C=O) groups is 1. The Labute approximate surface area is 154 Å². The van der Waals surface area contributed by atoms with Crippen molar-refractivity contribution >= 4 is 5.91 Å². The largest absolute Gasteiger partial charge is 0.496 e. The van der Waals surface area contributed by atoms with Crippen molar-refractivity contribution in [2.75, 3.05) is 27.2 Å². The van der Waals surface area contributed by atoms with Crippen LogP contribution in [0.25, 0.3) is 11.5 Å². The van der Waals surface area contributed by atoms with Crippen molar-refractivity contribution < 1.29 is 13.9 Å². The van der Waals surface area contributed by atoms with Gasteiger partial charge in [-0.05, 0) is 57.0 Å². The third kappa shape index (κ3) is 3.60. The minimum Gasteiger partial charge on any atom is -0.496 e. The van der Waals surface area contributed by atoms with Crippen LogP contribution in [0.15, 0.2) is 16.5 Å². The van der Waals surface area contributed by atoms with Gasteiger partial charge < -0.3 is 14.5 Å². The quantitative estimate of drug-likeness (QED) is 0.891. The van der Waals surface area contributed by atoms with E-state index in [1.54, 1.807) is 14.2 Å². The highest BCUT2D eigenvalue weighted by Gasteiger charge is 2.28. The number of hydrogen-bond acceptors (Lipinski definition) is 5. The Balaban J connectivity index is 1.78. The second-order valence-electron chi connectivity index (χ2n) is 6.99. The topological polar surface area (TPSA) is 67.6 Å². The molecular formula is C20H27N3O3. The van der Waals surface area contributed by atoms with E-state index < -0.39 is 0 Å². The van der Waals surface area contributed by atoms with Gasteiger partial charge in [0.1, 0.15) is 11.5 Å². The summed E-state index contributed by atoms with van der Waals surface area (Å²) in [5.41, 5.74) is 4.05. The summed E-state index contributed by atoms with van der Waals surface area (Å²) in [5.74, 6) is 2.53. The smallest absolute Gasteiger partial charge is 0.226 e. The Hall–Kier alpha value is -2.34. The van der Waals surface area contributed by atoms with E-state index in [0.29, 0.717) is 12.4 Å². The molecular weight excluding hydrogens is 330 g/mol. The van der Waals surface area contributed by atoms with Crippen LogP contribution in [0.5, 0.6) is 5.75 Å². The Morgan fingerprint density at radius 3 is 2.81 bits per heavy atom. The van der Waals surface area contributed by atoms with Gasteiger partial charge in [0.05, 0.1) is 18.7 Å². The highest BCUT2D eigenvalue weighted by atomic mass is 16.5. The molecule has 1 atom stereocenters. The number of ether oxygens (including phenoxy) is 1. The second-order valence-corrected chi connectivity index (χ2v) is 6.99. The number of methoxy groups -OCH3 is 1. The summed E-state index contributed by atoms with van der Waals surface area (Å²) < 4.78 is 11.3. The van der Waals surface area contributed by atoms with Crippen molar-refractivity contribution in [1.29, 1.82) is 0 Å². The van der Waals surface area contributed by atoms with Gasteiger partial charge in [-0.1, -0.05) is 0 Å². The van der Waals surface area contributed by atoms with Gasteiger partial charge in [-0.2, -0.15) is 0 Å². The van der Waals surface area contributed by atoms with Gasteiger partial charge in [0, 0.05) is 25.7 Å². The molecule has 1 N–H and O–H groups in total. The fourth-order valence-corrected chi connectivity index (χ4v) is 3.54. The SMILES string of the molecule is CNC(=O)[C@@H]1CCN(Cc2nc(-c3cc(C)c(OC)cc3C)oc2C)C1. The molecule has 1 aliphatic rings. The lowest BCUT2D eigenvalue weighted by Crippen LogP contribution is -2.30. The molecule has 1 saturated heterocycles. The number of likely N-dealkylation sites (tertiary alicyclic amines) is 1. The van der Waals surface area contributed by atoms with Crippen LogP contribution >= 0.6 is 0 Å². The fraction of sp³-hybridized carbons (Fsp3) is 0.500. The molecule has 1 aromatic heterocycles. The molecule has 0 aliphatic carbocycles. The average Bonchev–Trinajstić information content (AvgIpc) is 3.23. The van der Waals surface area contributed by atoms with Crippen molar-refractivity contribution in [1.82, 2.24) is 15.2 Å². The van der Waals surface area contributed by atoms with Crippen molar-refractivity contribution in [3.8, 4) is 17.2 Å². The number of rotatable bonds is 5. The summed E-state index contributed by atoms with van der Waals surface area (Å²) in [5, 5.41) is 2.74. The van der Waals surface area contributed by atoms with E-state index in [1.165, 1.54) is 0 Å². The maximum atomic E-state index is 11.8. The highest BCUT2D eigenvalue weighted by molar-refractivity contribution is 5.78. The average molecular weight is 357 g/mol. The Kier molecular flexibility index (Phi) is 5.32. The Morgan fingerprint density at radius 2 is 2.12 bits per heavy atom. The predicted molar refractivity (Wildman–Crippen MR) is 100 cm³/mol. The predicted octanol–water partition coefficient (Wildman–Crippen LogP) is 2.84. The minimum absolute atomic E-state index is 0.0677. The molecule has 0 saturated carbocycles. The molecule has 1 aliphatic heterocycles. The number of aromatic nitrogens is 1. The third-order valence-electron chi connectivity index (χ3n) is 5.13. The number of carbonyl (C=O) groups excluding carboxylic acids is 1. The van der Waals surface area contributed by atoms with E-state index >= 15 is 0 Å². The van der Waals surface area contributed by atoms with Gasteiger partial charge in [-0.15, -0.1) is 0 Å². The maximum absolute atomic E-state index is 11.8. The number of hydrogen-bond donors (Lipinski definition) is 1. The van der Waals surface area contributed by atoms with Crippen LogP contribution in [0.4, 0.5) is 0 Å². The Bertz CT molecular complexity index is 813. The number of benzene rings is 1. The van der Waals surface area contributed by atoms with Crippen LogP contribution in [0.3, 0.4) is 0 Å². The van der Waals surface area contributed by atoms with Crippen molar-refractivity contribution in [3.63, 3.8) is 0 Å². The first-order valence-corrected chi connectivity index (χ1v) is 8.98. The van der Waals surface area contributed by atoms with Gasteiger partial charge in [-0.3, -0.25) is 9.69 Å². The van der Waals surface area contributed by atoms with Crippen molar-refractivity contribution in [2.45, 2.75) is 33.7 Å². The van der Waals surface area contributed by atoms with Crippen molar-refractivity contribution in [2.24, 2.45) is 5.92 Å². The van der Waals surface area contributed by atoms with Crippen LogP contribution in [0.1, 0.15) is 29.0 Å². The van der Waals surface area contributed by atoms with Gasteiger partial charge in [0.25, 0.3) is 0 Å². The van der Waals surface area contributed by atoms with Crippen LogP contribution in [-0.2, 0) is 11.3 Å². The Morgan fingerprint density at radius 1 is 1.35 bits per heavy atom. The number of nitrogens with zero attached hydrogens (tertiary/aromatic N) is 2. The van der Waals surface area contributed by atoms with E-state index in [-0.39, 0.29) is 11.8 Å². The lowest BCUT2D eigenvalue weighted by molar-refractivity contribution is -0.124. The molecule has 0 spiro atoms. The molecule has 1 fully saturated rings. The molecule has 1 amide bonds. The monoisotopic (exact) mass is 357 g/mol. The van der Waals surface area contributed by atoms with Gasteiger partial charge >= 0.3 is 0 Å². The molecule has 26 heavy (non-hydrogen) atoms. The van der Waals surface area contributed by atoms with Crippen LogP contribution in [-0.4, -0.2) is 43.0 Å². The fourth-order valence-electron chi connectivity index (χ4n) is 3.54. The van der Waals surface area contributed by atoms with Crippen LogP contribution in [0.2, 0.25) is 0 Å². The van der Waals surface area contributed by atoms with E-state index in [1.807, 2.05) is 26.8 Å². The molecule has 6 heteroatoms. The molecule has 3 rings (SSSR count). The highest BCUT2D eigenvalue weighted by Crippen LogP contribution is 2.31. The zero-order chi connectivity index (χ0) is 18.8. The maximum Gasteiger partial charge on any atom is 0.226 e. The third-order valence-corrected chi connectivity index (χ3v) is 5.13. The lowest BCUT2D eigenvalue weighted by Gasteiger charge is -2.14. The van der Waals surface area contributed by atoms with E-state index in [9.17, 15) is 4.79 Å². The number of amides is 1. The molecule has 0 bridgehead atoms. The zero-order valence-electron chi connectivity index (χ0n) is 16.2. The van der Waals surface area contributed by atoms with Gasteiger partial charge in [0.2, 0.25) is 11.8 Å². The molecule has 0 radical (unpaired) electrons. The minimum atomic E-state index is 0.0677. The standard InChI is InChI=1S/C20H27N3O3/c1-12-9-18(25-5)13(2)8-16(12)20-22-17(14(3)26-20)11-23-7-6-15(10-23)19(24)21-4/h8-9,15H,6-7,10-11H2,1-5H3,(H,21,24)/t15-/m1/s1. The second kappa shape index (κ2) is 7.50. The van der Waals surface area contributed by atoms with Crippen LogP contribution < -0.4 is 10.1 Å². The summed E-state index contributed by atoms with van der Waals surface area (Å²) in [7, 11) is 3.37. The first-order valence-electron chi connectivity index (χ1n) is 8.98. The zero-order valence-corrected chi connectivity index (χ0v) is 16.2. The molecule has 2 aromatic rings. The van der Waals surface area contributed by atoms with E-state index in [2.05, 4.69) is 16.3 Å². The normalized spacial score (nSPS) is 17.5. The first-order chi connectivity index (χ1) is 12.4. The molecule has 0 unspecified atom stereocenters. The molecule has 1 aromatic carbocycles. The summed E-state index contributed by atoms with van der Waals surface area (Å²) >= 11 is 0. The lowest BCUT2D eigenvalue weighted by atomic mass is 10.0. The van der Waals surface area contributed by atoms with E-state index in [0.717, 1.165) is 53.4 Å². The molecule has 6 nitrogen and oxygen atoms in total. The van der Waals surface area contributed by atoms with Gasteiger partial charge in [0.15, 0.2) is 0 Å².